The van der Waals surface area contributed by atoms with Gasteiger partial charge in [0, 0.05) is 11.1 Å². The van der Waals surface area contributed by atoms with Crippen LogP contribution in [0.5, 0.6) is 0 Å². The van der Waals surface area contributed by atoms with Crippen LogP contribution in [0.3, 0.4) is 0 Å². The smallest absolute Gasteiger partial charge is 0.125 e. The van der Waals surface area contributed by atoms with Gasteiger partial charge in [-0.15, -0.1) is 0 Å². The molecule has 1 unspecified atom stereocenters. The number of H-pyrrole nitrogens is 1. The van der Waals surface area contributed by atoms with Crippen molar-refractivity contribution in [3.05, 3.63) is 36.9 Å². The van der Waals surface area contributed by atoms with Crippen LogP contribution in [-0.4, -0.2) is 25.5 Å². The van der Waals surface area contributed by atoms with Crippen LogP contribution in [0.4, 0.5) is 11.4 Å². The van der Waals surface area contributed by atoms with Crippen molar-refractivity contribution in [2.75, 3.05) is 4.90 Å². The monoisotopic (exact) mass is 309 g/mol. The van der Waals surface area contributed by atoms with Gasteiger partial charge in [0.2, 0.25) is 0 Å². The molecule has 110 valence electrons. The van der Waals surface area contributed by atoms with Crippen LogP contribution in [0.2, 0.25) is 0 Å². The molecule has 1 saturated carbocycles. The van der Waals surface area contributed by atoms with Crippen LogP contribution in [0.25, 0.3) is 10.9 Å². The van der Waals surface area contributed by atoms with E-state index in [1.165, 1.54) is 24.9 Å². The average Bonchev–Trinajstić information content (AvgIpc) is 3.11. The third-order valence-electron chi connectivity index (χ3n) is 4.39. The van der Waals surface area contributed by atoms with E-state index < -0.39 is 0 Å². The van der Waals surface area contributed by atoms with E-state index in [0.717, 1.165) is 27.5 Å². The topological polar surface area (TPSA) is 57.7 Å². The van der Waals surface area contributed by atoms with Gasteiger partial charge in [-0.1, -0.05) is 24.6 Å². The molecule has 5 nitrogen and oxygen atoms in total. The molecule has 1 aromatic carbocycles. The largest absolute Gasteiger partial charge is 0.325 e. The first-order valence-electron chi connectivity index (χ1n) is 7.57. The number of benzene rings is 1. The minimum atomic E-state index is 0.420. The summed E-state index contributed by atoms with van der Waals surface area (Å²) in [7, 11) is 0. The molecule has 1 aliphatic carbocycles. The zero-order valence-electron chi connectivity index (χ0n) is 11.9. The van der Waals surface area contributed by atoms with Crippen LogP contribution in [0.15, 0.2) is 41.9 Å². The minimum Gasteiger partial charge on any atom is -0.325 e. The molecule has 0 amide bonds. The van der Waals surface area contributed by atoms with Gasteiger partial charge in [0.15, 0.2) is 0 Å². The molecule has 3 heterocycles. The normalized spacial score (nSPS) is 20.5. The third kappa shape index (κ3) is 1.98. The lowest BCUT2D eigenvalue weighted by atomic mass is 10.2. The Morgan fingerprint density at radius 3 is 3.14 bits per heavy atom. The highest BCUT2D eigenvalue weighted by Crippen LogP contribution is 2.50. The first kappa shape index (κ1) is 12.5. The highest BCUT2D eigenvalue weighted by Gasteiger charge is 2.36. The number of aromatic nitrogens is 4. The van der Waals surface area contributed by atoms with Crippen LogP contribution in [-0.2, 0) is 0 Å². The van der Waals surface area contributed by atoms with Crippen LogP contribution in [0.1, 0.15) is 19.3 Å². The molecule has 3 aromatic rings. The van der Waals surface area contributed by atoms with E-state index in [2.05, 4.69) is 43.3 Å². The molecular formula is C16H15N5S. The van der Waals surface area contributed by atoms with Crippen molar-refractivity contribution >= 4 is 34.0 Å². The van der Waals surface area contributed by atoms with Gasteiger partial charge >= 0.3 is 0 Å². The van der Waals surface area contributed by atoms with Crippen LogP contribution in [0, 0.1) is 5.92 Å². The second-order valence-corrected chi connectivity index (χ2v) is 7.14. The molecule has 0 bridgehead atoms. The number of aromatic amines is 1. The maximum atomic E-state index is 4.46. The number of hydrogen-bond donors (Lipinski definition) is 1. The number of thioether (sulfide) groups is 1. The Balaban J connectivity index is 1.60. The lowest BCUT2D eigenvalue weighted by Crippen LogP contribution is -2.24. The van der Waals surface area contributed by atoms with Crippen molar-refractivity contribution in [1.82, 2.24) is 20.2 Å². The van der Waals surface area contributed by atoms with Crippen molar-refractivity contribution in [1.29, 1.82) is 0 Å². The van der Waals surface area contributed by atoms with Gasteiger partial charge in [-0.05, 0) is 30.5 Å². The van der Waals surface area contributed by atoms with Crippen LogP contribution < -0.4 is 4.90 Å². The van der Waals surface area contributed by atoms with Gasteiger partial charge in [-0.25, -0.2) is 9.97 Å². The molecule has 0 saturated heterocycles. The highest BCUT2D eigenvalue weighted by molar-refractivity contribution is 8.00. The van der Waals surface area contributed by atoms with Gasteiger partial charge in [0.25, 0.3) is 0 Å². The summed E-state index contributed by atoms with van der Waals surface area (Å²) in [4.78, 5) is 11.1. The van der Waals surface area contributed by atoms with Crippen molar-refractivity contribution in [2.45, 2.75) is 29.7 Å². The Kier molecular flexibility index (Phi) is 2.67. The Morgan fingerprint density at radius 1 is 1.27 bits per heavy atom. The standard InChI is InChI=1S/C16H15N5S/c1-2-10(1)5-15-21(14-8-17-9-18-16(14)22-15)12-3-4-13-11(6-12)7-19-20-13/h3-4,6-10,15H,1-2,5H2,(H,19,20). The van der Waals surface area contributed by atoms with E-state index in [9.17, 15) is 0 Å². The zero-order chi connectivity index (χ0) is 14.5. The molecule has 0 radical (unpaired) electrons. The highest BCUT2D eigenvalue weighted by atomic mass is 32.2. The van der Waals surface area contributed by atoms with Crippen molar-refractivity contribution < 1.29 is 0 Å². The maximum absolute atomic E-state index is 4.46. The Morgan fingerprint density at radius 2 is 2.23 bits per heavy atom. The summed E-state index contributed by atoms with van der Waals surface area (Å²) in [6.45, 7) is 0. The summed E-state index contributed by atoms with van der Waals surface area (Å²) in [5.74, 6) is 0.875. The second-order valence-electron chi connectivity index (χ2n) is 5.98. The first-order chi connectivity index (χ1) is 10.9. The number of nitrogens with one attached hydrogen (secondary N) is 1. The van der Waals surface area contributed by atoms with E-state index in [-0.39, 0.29) is 0 Å². The summed E-state index contributed by atoms with van der Waals surface area (Å²) in [5, 5.41) is 9.78. The molecule has 0 spiro atoms. The molecular weight excluding hydrogens is 294 g/mol. The predicted octanol–water partition coefficient (Wildman–Crippen LogP) is 3.72. The molecule has 1 atom stereocenters. The van der Waals surface area contributed by atoms with Gasteiger partial charge < -0.3 is 4.90 Å². The van der Waals surface area contributed by atoms with Crippen molar-refractivity contribution in [3.63, 3.8) is 0 Å². The maximum Gasteiger partial charge on any atom is 0.125 e. The zero-order valence-corrected chi connectivity index (χ0v) is 12.8. The fourth-order valence-corrected chi connectivity index (χ4v) is 4.43. The summed E-state index contributed by atoms with van der Waals surface area (Å²) in [6, 6.07) is 6.45. The van der Waals surface area contributed by atoms with Gasteiger partial charge in [0.05, 0.1) is 29.0 Å². The number of hydrogen-bond acceptors (Lipinski definition) is 5. The Bertz CT molecular complexity index is 841. The molecule has 6 heteroatoms. The number of nitrogens with zero attached hydrogens (tertiary/aromatic N) is 4. The van der Waals surface area contributed by atoms with Gasteiger partial charge in [-0.3, -0.25) is 5.10 Å². The molecule has 1 fully saturated rings. The molecule has 2 aromatic heterocycles. The van der Waals surface area contributed by atoms with Gasteiger partial charge in [-0.2, -0.15) is 5.10 Å². The fourth-order valence-electron chi connectivity index (χ4n) is 3.08. The first-order valence-corrected chi connectivity index (χ1v) is 8.45. The fraction of sp³-hybridized carbons (Fsp3) is 0.312. The van der Waals surface area contributed by atoms with Crippen molar-refractivity contribution in [2.24, 2.45) is 5.92 Å². The van der Waals surface area contributed by atoms with E-state index in [0.29, 0.717) is 5.37 Å². The summed E-state index contributed by atoms with van der Waals surface area (Å²) < 4.78 is 0. The Labute approximate surface area is 132 Å². The number of anilines is 2. The lowest BCUT2D eigenvalue weighted by molar-refractivity contribution is 0.695. The van der Waals surface area contributed by atoms with Crippen LogP contribution >= 0.6 is 11.8 Å². The SMILES string of the molecule is c1ncc2c(n1)SC(CC1CC1)N2c1ccc2[nH]ncc2c1. The predicted molar refractivity (Wildman–Crippen MR) is 87.3 cm³/mol. The second kappa shape index (κ2) is 4.71. The molecule has 1 aliphatic heterocycles. The molecule has 2 aliphatic rings. The number of fused-ring (bicyclic) bond motifs is 2. The summed E-state index contributed by atoms with van der Waals surface area (Å²) >= 11 is 1.87. The minimum absolute atomic E-state index is 0.420. The molecule has 1 N–H and O–H groups in total. The van der Waals surface area contributed by atoms with E-state index in [1.54, 1.807) is 6.33 Å². The van der Waals surface area contributed by atoms with Crippen molar-refractivity contribution in [3.8, 4) is 0 Å². The Hall–Kier alpha value is -2.08. The average molecular weight is 309 g/mol. The van der Waals surface area contributed by atoms with E-state index in [1.807, 2.05) is 24.2 Å². The van der Waals surface area contributed by atoms with E-state index >= 15 is 0 Å². The summed E-state index contributed by atoms with van der Waals surface area (Å²) in [6.07, 6.45) is 9.40. The molecule has 5 rings (SSSR count). The third-order valence-corrected chi connectivity index (χ3v) is 5.60. The summed E-state index contributed by atoms with van der Waals surface area (Å²) in [5.41, 5.74) is 3.39. The lowest BCUT2D eigenvalue weighted by Gasteiger charge is -2.26. The molecule has 22 heavy (non-hydrogen) atoms. The number of rotatable bonds is 3. The quantitative estimate of drug-likeness (QED) is 0.747. The van der Waals surface area contributed by atoms with E-state index in [4.69, 9.17) is 0 Å². The van der Waals surface area contributed by atoms with Gasteiger partial charge in [0.1, 0.15) is 11.4 Å².